The van der Waals surface area contributed by atoms with Gasteiger partial charge in [-0.15, -0.1) is 6.42 Å². The highest BCUT2D eigenvalue weighted by atomic mass is 19.1. The zero-order chi connectivity index (χ0) is 35.0. The van der Waals surface area contributed by atoms with Crippen LogP contribution < -0.4 is 9.64 Å². The summed E-state index contributed by atoms with van der Waals surface area (Å²) in [5, 5.41) is 2.14. The molecule has 5 fully saturated rings. The fraction of sp³-hybridized carbons (Fsp3) is 0.475. The molecule has 4 atom stereocenters. The number of hydrogen-bond donors (Lipinski definition) is 0. The zero-order valence-corrected chi connectivity index (χ0v) is 29.0. The molecule has 7 heterocycles. The third-order valence-electron chi connectivity index (χ3n) is 12.1. The fourth-order valence-electron chi connectivity index (χ4n) is 9.57. The number of amides is 1. The predicted molar refractivity (Wildman–Crippen MR) is 191 cm³/mol. The molecule has 5 aliphatic rings. The second-order valence-electron chi connectivity index (χ2n) is 15.2. The van der Waals surface area contributed by atoms with Gasteiger partial charge in [0.25, 0.3) is 5.91 Å². The predicted octanol–water partition coefficient (Wildman–Crippen LogP) is 5.35. The van der Waals surface area contributed by atoms with Crippen LogP contribution in [0.15, 0.2) is 42.6 Å². The van der Waals surface area contributed by atoms with Crippen molar-refractivity contribution in [1.29, 1.82) is 0 Å². The number of cyclic esters (lactones) is 1. The molecular weight excluding hydrogens is 647 g/mol. The lowest BCUT2D eigenvalue weighted by molar-refractivity contribution is -0.197. The molecule has 11 heteroatoms. The lowest BCUT2D eigenvalue weighted by Crippen LogP contribution is -2.63. The Balaban J connectivity index is 1.10. The highest BCUT2D eigenvalue weighted by Gasteiger charge is 2.54. The molecule has 5 aliphatic heterocycles. The number of carbonyl (C=O) groups is 2. The Bertz CT molecular complexity index is 2100. The van der Waals surface area contributed by atoms with Crippen molar-refractivity contribution in [3.63, 3.8) is 0 Å². The molecule has 1 amide bonds. The smallest absolute Gasteiger partial charge is 0.319 e. The van der Waals surface area contributed by atoms with Crippen LogP contribution in [0.1, 0.15) is 57.9 Å². The van der Waals surface area contributed by atoms with Crippen LogP contribution >= 0.6 is 0 Å². The van der Waals surface area contributed by atoms with Crippen LogP contribution in [0.2, 0.25) is 0 Å². The molecule has 10 nitrogen and oxygen atoms in total. The first kappa shape index (κ1) is 32.1. The number of carbonyl (C=O) groups excluding carboxylic acids is 2. The SMILES string of the molecule is C#Cc1cccc2cccc(-c3ncc4c(N5C[C@H]6CC[C@@H](C5)N6C(=O)[C@@H]5OC(=O)[C@@H]5C(C)C)nc(OCC56CCCN5CCC6)nc4c3F)c12. The number of nitrogens with zero attached hydrogens (tertiary/aromatic N) is 6. The summed E-state index contributed by atoms with van der Waals surface area (Å²) in [4.78, 5) is 46.9. The number of hydrogen-bond acceptors (Lipinski definition) is 9. The van der Waals surface area contributed by atoms with Crippen molar-refractivity contribution in [2.75, 3.05) is 37.7 Å². The molecule has 51 heavy (non-hydrogen) atoms. The van der Waals surface area contributed by atoms with E-state index in [1.54, 1.807) is 6.20 Å². The third kappa shape index (κ3) is 5.05. The second kappa shape index (κ2) is 12.2. The first-order valence-electron chi connectivity index (χ1n) is 18.3. The van der Waals surface area contributed by atoms with Gasteiger partial charge in [0.05, 0.1) is 10.9 Å². The van der Waals surface area contributed by atoms with E-state index in [4.69, 9.17) is 30.8 Å². The van der Waals surface area contributed by atoms with E-state index < -0.39 is 17.8 Å². The maximum Gasteiger partial charge on any atom is 0.319 e. The fourth-order valence-corrected chi connectivity index (χ4v) is 9.57. The van der Waals surface area contributed by atoms with Gasteiger partial charge < -0.3 is 19.3 Å². The van der Waals surface area contributed by atoms with Gasteiger partial charge in [0.15, 0.2) is 11.9 Å². The Morgan fingerprint density at radius 3 is 2.51 bits per heavy atom. The minimum Gasteiger partial charge on any atom is -0.461 e. The molecule has 4 aromatic rings. The number of terminal acetylenes is 1. The van der Waals surface area contributed by atoms with Gasteiger partial charge in [-0.1, -0.05) is 50.1 Å². The monoisotopic (exact) mass is 688 g/mol. The van der Waals surface area contributed by atoms with Gasteiger partial charge >= 0.3 is 12.0 Å². The Morgan fingerprint density at radius 2 is 1.82 bits per heavy atom. The topological polar surface area (TPSA) is 101 Å². The van der Waals surface area contributed by atoms with E-state index in [-0.39, 0.29) is 52.6 Å². The number of anilines is 1. The van der Waals surface area contributed by atoms with E-state index in [2.05, 4.69) is 15.7 Å². The number of aromatic nitrogens is 3. The van der Waals surface area contributed by atoms with Gasteiger partial charge in [-0.25, -0.2) is 4.39 Å². The molecule has 262 valence electrons. The number of esters is 1. The first-order valence-corrected chi connectivity index (χ1v) is 18.3. The summed E-state index contributed by atoms with van der Waals surface area (Å²) >= 11 is 0. The minimum absolute atomic E-state index is 0.0179. The Morgan fingerprint density at radius 1 is 1.10 bits per heavy atom. The number of benzene rings is 2. The Kier molecular flexibility index (Phi) is 7.65. The van der Waals surface area contributed by atoms with E-state index in [1.165, 1.54) is 0 Å². The Hall–Kier alpha value is -4.82. The summed E-state index contributed by atoms with van der Waals surface area (Å²) in [6.07, 6.45) is 12.8. The molecule has 0 aliphatic carbocycles. The van der Waals surface area contributed by atoms with Crippen molar-refractivity contribution < 1.29 is 23.5 Å². The molecular formula is C40H41FN6O4. The molecule has 5 saturated heterocycles. The number of ether oxygens (including phenoxy) is 2. The zero-order valence-electron chi connectivity index (χ0n) is 29.0. The summed E-state index contributed by atoms with van der Waals surface area (Å²) in [5.41, 5.74) is 1.50. The lowest BCUT2D eigenvalue weighted by atomic mass is 9.85. The van der Waals surface area contributed by atoms with E-state index in [0.717, 1.165) is 62.4 Å². The molecule has 2 aromatic carbocycles. The van der Waals surface area contributed by atoms with Crippen LogP contribution in [0.25, 0.3) is 32.9 Å². The van der Waals surface area contributed by atoms with Gasteiger partial charge in [0.1, 0.15) is 29.6 Å². The van der Waals surface area contributed by atoms with Crippen LogP contribution in [0.5, 0.6) is 6.01 Å². The van der Waals surface area contributed by atoms with E-state index >= 15 is 4.39 Å². The average molecular weight is 689 g/mol. The van der Waals surface area contributed by atoms with Crippen LogP contribution in [-0.4, -0.2) is 93.1 Å². The van der Waals surface area contributed by atoms with Crippen LogP contribution in [0, 0.1) is 30.0 Å². The molecule has 0 N–H and O–H groups in total. The number of halogens is 1. The molecule has 9 rings (SSSR count). The highest BCUT2D eigenvalue weighted by molar-refractivity contribution is 6.02. The standard InChI is InChI=1S/C40H41FN6O4/c1-4-24-9-5-10-25-11-6-12-28(31(24)25)33-32(41)34-29(19-42-33)36(44-39(43-34)50-22-40-15-7-17-46(40)18-8-16-40)45-20-26-13-14-27(21-45)47(26)37(48)35-30(23(2)3)38(49)51-35/h1,5-6,9-12,19,23,26-27,30,35H,7-8,13-18,20-22H2,2-3H3/t26-,27+,30-,35-/m1/s1. The Labute approximate surface area is 296 Å². The van der Waals surface area contributed by atoms with Crippen molar-refractivity contribution in [1.82, 2.24) is 24.8 Å². The molecule has 0 spiro atoms. The summed E-state index contributed by atoms with van der Waals surface area (Å²) < 4.78 is 28.9. The quantitative estimate of drug-likeness (QED) is 0.188. The average Bonchev–Trinajstić information content (AvgIpc) is 3.79. The molecule has 0 saturated carbocycles. The normalized spacial score (nSPS) is 25.3. The molecule has 0 unspecified atom stereocenters. The second-order valence-corrected chi connectivity index (χ2v) is 15.2. The minimum atomic E-state index is -0.738. The maximum absolute atomic E-state index is 17.0. The van der Waals surface area contributed by atoms with Crippen molar-refractivity contribution in [3.8, 4) is 29.6 Å². The third-order valence-corrected chi connectivity index (χ3v) is 12.1. The number of pyridine rings is 1. The number of piperazine rings is 1. The van der Waals surface area contributed by atoms with Crippen molar-refractivity contribution in [3.05, 3.63) is 54.0 Å². The molecule has 2 bridgehead atoms. The molecule has 2 aromatic heterocycles. The molecule has 0 radical (unpaired) electrons. The number of rotatable bonds is 7. The summed E-state index contributed by atoms with van der Waals surface area (Å²) in [6.45, 7) is 7.45. The van der Waals surface area contributed by atoms with Gasteiger partial charge in [-0.05, 0) is 69.0 Å². The van der Waals surface area contributed by atoms with Crippen molar-refractivity contribution >= 4 is 39.4 Å². The van der Waals surface area contributed by atoms with Crippen molar-refractivity contribution in [2.24, 2.45) is 11.8 Å². The van der Waals surface area contributed by atoms with Crippen LogP contribution in [-0.2, 0) is 14.3 Å². The van der Waals surface area contributed by atoms with Gasteiger partial charge in [-0.2, -0.15) is 9.97 Å². The van der Waals surface area contributed by atoms with Gasteiger partial charge in [-0.3, -0.25) is 19.5 Å². The van der Waals surface area contributed by atoms with Crippen LogP contribution in [0.3, 0.4) is 0 Å². The van der Waals surface area contributed by atoms with E-state index in [9.17, 15) is 9.59 Å². The van der Waals surface area contributed by atoms with E-state index in [0.29, 0.717) is 42.0 Å². The maximum atomic E-state index is 17.0. The summed E-state index contributed by atoms with van der Waals surface area (Å²) in [5.74, 6) is 1.90. The van der Waals surface area contributed by atoms with Crippen molar-refractivity contribution in [2.45, 2.75) is 76.1 Å². The van der Waals surface area contributed by atoms with Gasteiger partial charge in [0, 0.05) is 47.9 Å². The summed E-state index contributed by atoms with van der Waals surface area (Å²) in [6, 6.07) is 11.3. The largest absolute Gasteiger partial charge is 0.461 e. The van der Waals surface area contributed by atoms with E-state index in [1.807, 2.05) is 55.1 Å². The van der Waals surface area contributed by atoms with Gasteiger partial charge in [0.2, 0.25) is 0 Å². The lowest BCUT2D eigenvalue weighted by Gasteiger charge is -2.45. The highest BCUT2D eigenvalue weighted by Crippen LogP contribution is 2.42. The van der Waals surface area contributed by atoms with Crippen LogP contribution in [0.4, 0.5) is 10.2 Å². The number of fused-ring (bicyclic) bond motifs is 5. The first-order chi connectivity index (χ1) is 24.8. The summed E-state index contributed by atoms with van der Waals surface area (Å²) in [7, 11) is 0.